The number of halogens is 1. The zero-order chi connectivity index (χ0) is 33.1. The number of pyridine rings is 2. The minimum atomic E-state index is -0.273. The van der Waals surface area contributed by atoms with Crippen molar-refractivity contribution in [2.45, 2.75) is 54.9 Å². The van der Waals surface area contributed by atoms with E-state index in [0.717, 1.165) is 17.0 Å². The van der Waals surface area contributed by atoms with Crippen molar-refractivity contribution >= 4 is 34.6 Å². The molecule has 13 nitrogen and oxygen atoms in total. The fraction of sp³-hybridized carbons (Fsp3) is 0.484. The maximum absolute atomic E-state index is 11.8. The lowest BCUT2D eigenvalue weighted by molar-refractivity contribution is -0.111. The van der Waals surface area contributed by atoms with E-state index < -0.39 is 0 Å². The van der Waals surface area contributed by atoms with Crippen LogP contribution in [0.1, 0.15) is 59.7 Å². The van der Waals surface area contributed by atoms with Gasteiger partial charge in [0.2, 0.25) is 23.0 Å². The Morgan fingerprint density at radius 3 is 1.71 bits per heavy atom. The van der Waals surface area contributed by atoms with Gasteiger partial charge in [-0.1, -0.05) is 42.0 Å². The van der Waals surface area contributed by atoms with Gasteiger partial charge in [-0.05, 0) is 55.5 Å². The van der Waals surface area contributed by atoms with Gasteiger partial charge in [-0.15, -0.1) is 10.2 Å². The predicted molar refractivity (Wildman–Crippen MR) is 184 cm³/mol. The van der Waals surface area contributed by atoms with Crippen molar-refractivity contribution in [1.29, 1.82) is 0 Å². The van der Waals surface area contributed by atoms with Gasteiger partial charge in [-0.3, -0.25) is 24.7 Å². The highest BCUT2D eigenvalue weighted by molar-refractivity contribution is 6.63. The number of aromatic amines is 1. The normalized spacial score (nSPS) is 9.76. The number of hydrogen-bond donors (Lipinski definition) is 1. The minimum Gasteiger partial charge on any atom is -0.347 e. The molecule has 248 valence electrons. The Kier molecular flexibility index (Phi) is 20.2. The number of nitrogens with one attached hydrogen (secondary N) is 1. The summed E-state index contributed by atoms with van der Waals surface area (Å²) in [4.78, 5) is 44.1. The standard InChI is InChI=1S/C12H15N5O.C9H11N5.C6H15N.C3H5ClO.CH4/c1-4-10(18)17-12(16(2)3)14-11(15-17)9-6-5-7-13-8-9;1-14(2)9-11-8(12-13-9)7-4-3-5-10-6-7;1-4-7(5-2)6-3;1-2-3(4)5;/h5-8H,4H2,1-3H3;3-6H,1-2H3,(H,11,12,13);4-6H2,1-3H3;2H2,1H3;1H4. The molecule has 14 heteroatoms. The molecule has 45 heavy (non-hydrogen) atoms. The van der Waals surface area contributed by atoms with Crippen molar-refractivity contribution < 1.29 is 9.59 Å². The van der Waals surface area contributed by atoms with Crippen LogP contribution in [0.2, 0.25) is 0 Å². The lowest BCUT2D eigenvalue weighted by Gasteiger charge is -2.13. The van der Waals surface area contributed by atoms with E-state index in [4.69, 9.17) is 11.6 Å². The maximum atomic E-state index is 11.8. The number of carbonyl (C=O) groups excluding carboxylic acids is 2. The van der Waals surface area contributed by atoms with E-state index in [1.807, 2.05) is 57.4 Å². The maximum Gasteiger partial charge on any atom is 0.249 e. The Morgan fingerprint density at radius 2 is 1.36 bits per heavy atom. The van der Waals surface area contributed by atoms with E-state index >= 15 is 0 Å². The molecule has 0 amide bonds. The zero-order valence-corrected chi connectivity index (χ0v) is 28.1. The van der Waals surface area contributed by atoms with Crippen molar-refractivity contribution in [2.75, 3.05) is 57.6 Å². The summed E-state index contributed by atoms with van der Waals surface area (Å²) >= 11 is 4.82. The summed E-state index contributed by atoms with van der Waals surface area (Å²) in [5.41, 5.74) is 1.73. The first-order chi connectivity index (χ1) is 21.0. The number of rotatable bonds is 9. The highest BCUT2D eigenvalue weighted by Crippen LogP contribution is 2.18. The molecule has 0 atom stereocenters. The fourth-order valence-electron chi connectivity index (χ4n) is 3.28. The van der Waals surface area contributed by atoms with Gasteiger partial charge in [0.1, 0.15) is 0 Å². The molecule has 4 rings (SSSR count). The molecule has 0 saturated heterocycles. The van der Waals surface area contributed by atoms with Crippen LogP contribution < -0.4 is 9.80 Å². The van der Waals surface area contributed by atoms with Crippen molar-refractivity contribution in [3.63, 3.8) is 0 Å². The van der Waals surface area contributed by atoms with E-state index in [1.165, 1.54) is 24.3 Å². The molecular formula is C31H50ClN11O2. The molecule has 0 spiro atoms. The summed E-state index contributed by atoms with van der Waals surface area (Å²) in [7, 11) is 7.46. The van der Waals surface area contributed by atoms with Crippen molar-refractivity contribution in [3.05, 3.63) is 49.1 Å². The molecular weight excluding hydrogens is 594 g/mol. The first kappa shape index (κ1) is 40.8. The summed E-state index contributed by atoms with van der Waals surface area (Å²) in [6.07, 6.45) is 7.66. The Labute approximate surface area is 273 Å². The zero-order valence-electron chi connectivity index (χ0n) is 27.3. The Hall–Kier alpha value is -4.23. The molecule has 1 N–H and O–H groups in total. The average Bonchev–Trinajstić information content (AvgIpc) is 3.73. The number of hydrogen-bond acceptors (Lipinski definition) is 11. The van der Waals surface area contributed by atoms with Crippen LogP contribution in [0, 0.1) is 0 Å². The molecule has 0 aliphatic carbocycles. The first-order valence-electron chi connectivity index (χ1n) is 14.5. The van der Waals surface area contributed by atoms with Crippen LogP contribution in [0.5, 0.6) is 0 Å². The van der Waals surface area contributed by atoms with E-state index in [9.17, 15) is 9.59 Å². The number of nitrogens with zero attached hydrogens (tertiary/aromatic N) is 10. The average molecular weight is 644 g/mol. The molecule has 4 heterocycles. The quantitative estimate of drug-likeness (QED) is 0.230. The summed E-state index contributed by atoms with van der Waals surface area (Å²) < 4.78 is 1.34. The SMILES string of the molecule is C.CCC(=O)Cl.CCC(=O)n1nc(-c2cccnc2)nc1N(C)C.CCN(CC)CC.CN(C)c1n[nH]c(-c2cccnc2)n1. The smallest absolute Gasteiger partial charge is 0.249 e. The van der Waals surface area contributed by atoms with Gasteiger partial charge in [0.15, 0.2) is 11.6 Å². The third kappa shape index (κ3) is 14.4. The molecule has 0 aliphatic heterocycles. The van der Waals surface area contributed by atoms with Crippen molar-refractivity contribution in [1.82, 2.24) is 44.8 Å². The monoisotopic (exact) mass is 643 g/mol. The molecule has 0 fully saturated rings. The first-order valence-corrected chi connectivity index (χ1v) is 14.9. The fourth-order valence-corrected chi connectivity index (χ4v) is 3.28. The number of carbonyl (C=O) groups is 2. The molecule has 0 aliphatic rings. The topological polar surface area (TPSA) is 142 Å². The van der Waals surface area contributed by atoms with Crippen molar-refractivity contribution in [3.8, 4) is 22.8 Å². The molecule has 0 radical (unpaired) electrons. The molecule has 0 aromatic carbocycles. The van der Waals surface area contributed by atoms with Gasteiger partial charge in [-0.25, -0.2) is 0 Å². The number of anilines is 2. The summed E-state index contributed by atoms with van der Waals surface area (Å²) in [5.74, 6) is 2.36. The van der Waals surface area contributed by atoms with Crippen LogP contribution in [-0.2, 0) is 4.79 Å². The minimum absolute atomic E-state index is 0. The van der Waals surface area contributed by atoms with Gasteiger partial charge in [-0.2, -0.15) is 14.6 Å². The van der Waals surface area contributed by atoms with E-state index in [0.29, 0.717) is 30.6 Å². The van der Waals surface area contributed by atoms with Crippen LogP contribution in [-0.4, -0.2) is 104 Å². The van der Waals surface area contributed by atoms with Crippen LogP contribution in [0.3, 0.4) is 0 Å². The number of H-pyrrole nitrogens is 1. The summed E-state index contributed by atoms with van der Waals surface area (Å²) in [6.45, 7) is 13.6. The van der Waals surface area contributed by atoms with Gasteiger partial charge in [0, 0.05) is 76.9 Å². The second-order valence-corrected chi connectivity index (χ2v) is 9.90. The molecule has 4 aromatic rings. The van der Waals surface area contributed by atoms with Crippen LogP contribution in [0.4, 0.5) is 11.9 Å². The highest BCUT2D eigenvalue weighted by Gasteiger charge is 2.17. The summed E-state index contributed by atoms with van der Waals surface area (Å²) in [5, 5.41) is 10.9. The summed E-state index contributed by atoms with van der Waals surface area (Å²) in [6, 6.07) is 7.48. The lowest BCUT2D eigenvalue weighted by Crippen LogP contribution is -2.21. The Bertz CT molecular complexity index is 1350. The van der Waals surface area contributed by atoms with Crippen LogP contribution in [0.25, 0.3) is 22.8 Å². The second-order valence-electron chi connectivity index (χ2n) is 9.48. The second kappa shape index (κ2) is 22.3. The molecule has 0 bridgehead atoms. The van der Waals surface area contributed by atoms with E-state index in [-0.39, 0.29) is 18.6 Å². The van der Waals surface area contributed by atoms with Gasteiger partial charge >= 0.3 is 0 Å². The number of aromatic nitrogens is 8. The Balaban J connectivity index is 0.000000636. The van der Waals surface area contributed by atoms with Crippen LogP contribution in [0.15, 0.2) is 49.1 Å². The molecule has 0 unspecified atom stereocenters. The molecule has 4 aromatic heterocycles. The van der Waals surface area contributed by atoms with Gasteiger partial charge in [0.05, 0.1) is 0 Å². The van der Waals surface area contributed by atoms with Crippen molar-refractivity contribution in [2.24, 2.45) is 0 Å². The van der Waals surface area contributed by atoms with Crippen LogP contribution >= 0.6 is 11.6 Å². The van der Waals surface area contributed by atoms with Gasteiger partial charge in [0.25, 0.3) is 0 Å². The highest BCUT2D eigenvalue weighted by atomic mass is 35.5. The predicted octanol–water partition coefficient (Wildman–Crippen LogP) is 5.54. The molecule has 0 saturated carbocycles. The van der Waals surface area contributed by atoms with E-state index in [1.54, 1.807) is 43.5 Å². The Morgan fingerprint density at radius 1 is 0.822 bits per heavy atom. The third-order valence-electron chi connectivity index (χ3n) is 5.88. The third-order valence-corrected chi connectivity index (χ3v) is 6.14. The van der Waals surface area contributed by atoms with Gasteiger partial charge < -0.3 is 14.7 Å². The largest absolute Gasteiger partial charge is 0.347 e. The van der Waals surface area contributed by atoms with E-state index in [2.05, 4.69) is 60.9 Å². The lowest BCUT2D eigenvalue weighted by atomic mass is 10.3.